The summed E-state index contributed by atoms with van der Waals surface area (Å²) in [6, 6.07) is 4.87. The first-order chi connectivity index (χ1) is 13.8. The van der Waals surface area contributed by atoms with E-state index in [1.807, 2.05) is 18.5 Å². The average Bonchev–Trinajstić information content (AvgIpc) is 3.28. The Bertz CT molecular complexity index is 610. The van der Waals surface area contributed by atoms with Crippen molar-refractivity contribution in [3.05, 3.63) is 30.1 Å². The van der Waals surface area contributed by atoms with Gasteiger partial charge in [0.05, 0.1) is 0 Å². The highest BCUT2D eigenvalue weighted by Crippen LogP contribution is 2.30. The number of rotatable bonds is 6. The molecule has 0 unspecified atom stereocenters. The standard InChI is InChI=1S/C23H36N4O/c28-23(27-14-2-1-3-15-27)9-8-21-19-25(18-20-7-6-11-24-17-20)16-10-22(21)26-12-4-5-13-26/h6-7,11,17,21-22H,1-5,8-10,12-16,18-19H2/t21-,22+/m0/s1. The summed E-state index contributed by atoms with van der Waals surface area (Å²) in [5, 5.41) is 0. The van der Waals surface area contributed by atoms with Crippen molar-refractivity contribution in [2.75, 3.05) is 39.3 Å². The number of carbonyl (C=O) groups is 1. The molecule has 3 aliphatic heterocycles. The summed E-state index contributed by atoms with van der Waals surface area (Å²) < 4.78 is 0. The zero-order valence-electron chi connectivity index (χ0n) is 17.3. The lowest BCUT2D eigenvalue weighted by molar-refractivity contribution is -0.132. The molecule has 0 N–H and O–H groups in total. The molecule has 1 aromatic rings. The van der Waals surface area contributed by atoms with Gasteiger partial charge in [0, 0.05) is 51.0 Å². The molecule has 0 aromatic carbocycles. The topological polar surface area (TPSA) is 39.7 Å². The van der Waals surface area contributed by atoms with E-state index in [-0.39, 0.29) is 0 Å². The van der Waals surface area contributed by atoms with Gasteiger partial charge in [0.25, 0.3) is 0 Å². The van der Waals surface area contributed by atoms with E-state index in [9.17, 15) is 4.79 Å². The molecular weight excluding hydrogens is 348 g/mol. The summed E-state index contributed by atoms with van der Waals surface area (Å²) in [6.07, 6.45) is 13.2. The number of piperidine rings is 2. The molecule has 0 radical (unpaired) electrons. The number of carbonyl (C=O) groups excluding carboxylic acids is 1. The first-order valence-corrected chi connectivity index (χ1v) is 11.4. The number of amides is 1. The van der Waals surface area contributed by atoms with Gasteiger partial charge >= 0.3 is 0 Å². The van der Waals surface area contributed by atoms with Crippen molar-refractivity contribution in [1.29, 1.82) is 0 Å². The van der Waals surface area contributed by atoms with Crippen molar-refractivity contribution in [2.24, 2.45) is 5.92 Å². The van der Waals surface area contributed by atoms with Crippen molar-refractivity contribution in [2.45, 2.75) is 64.0 Å². The Balaban J connectivity index is 1.36. The summed E-state index contributed by atoms with van der Waals surface area (Å²) in [4.78, 5) is 24.4. The molecule has 154 valence electrons. The summed E-state index contributed by atoms with van der Waals surface area (Å²) in [6.45, 7) is 7.72. The summed E-state index contributed by atoms with van der Waals surface area (Å²) in [5.41, 5.74) is 1.30. The molecule has 5 heteroatoms. The molecule has 0 spiro atoms. The third kappa shape index (κ3) is 5.12. The number of hydrogen-bond acceptors (Lipinski definition) is 4. The minimum atomic E-state index is 0.393. The van der Waals surface area contributed by atoms with Crippen LogP contribution in [0.15, 0.2) is 24.5 Å². The highest BCUT2D eigenvalue weighted by molar-refractivity contribution is 5.76. The van der Waals surface area contributed by atoms with Crippen LogP contribution in [0.25, 0.3) is 0 Å². The predicted octanol–water partition coefficient (Wildman–Crippen LogP) is 3.16. The molecule has 4 heterocycles. The maximum absolute atomic E-state index is 12.7. The zero-order valence-corrected chi connectivity index (χ0v) is 17.3. The molecule has 0 bridgehead atoms. The van der Waals surface area contributed by atoms with Crippen LogP contribution in [-0.2, 0) is 11.3 Å². The van der Waals surface area contributed by atoms with Gasteiger partial charge in [0.15, 0.2) is 0 Å². The largest absolute Gasteiger partial charge is 0.343 e. The fourth-order valence-corrected chi connectivity index (χ4v) is 5.44. The van der Waals surface area contributed by atoms with Gasteiger partial charge in [-0.3, -0.25) is 14.7 Å². The Morgan fingerprint density at radius 3 is 2.57 bits per heavy atom. The molecule has 0 saturated carbocycles. The Hall–Kier alpha value is -1.46. The first kappa shape index (κ1) is 19.8. The summed E-state index contributed by atoms with van der Waals surface area (Å²) in [7, 11) is 0. The van der Waals surface area contributed by atoms with Gasteiger partial charge in [-0.25, -0.2) is 0 Å². The SMILES string of the molecule is O=C(CC[C@H]1CN(Cc2cccnc2)CC[C@H]1N1CCCC1)N1CCCCC1. The smallest absolute Gasteiger partial charge is 0.222 e. The fourth-order valence-electron chi connectivity index (χ4n) is 5.44. The number of pyridine rings is 1. The quantitative estimate of drug-likeness (QED) is 0.755. The van der Waals surface area contributed by atoms with E-state index in [1.165, 1.54) is 57.2 Å². The van der Waals surface area contributed by atoms with Crippen LogP contribution in [0.1, 0.15) is 56.9 Å². The summed E-state index contributed by atoms with van der Waals surface area (Å²) in [5.74, 6) is 1.00. The Kier molecular flexibility index (Phi) is 6.97. The van der Waals surface area contributed by atoms with Gasteiger partial charge in [0.2, 0.25) is 5.91 Å². The lowest BCUT2D eigenvalue weighted by Crippen LogP contribution is -2.50. The van der Waals surface area contributed by atoms with Crippen LogP contribution in [0.3, 0.4) is 0 Å². The highest BCUT2D eigenvalue weighted by atomic mass is 16.2. The second kappa shape index (κ2) is 9.84. The molecule has 1 aromatic heterocycles. The van der Waals surface area contributed by atoms with E-state index in [1.54, 1.807) is 0 Å². The van der Waals surface area contributed by atoms with Crippen LogP contribution >= 0.6 is 0 Å². The van der Waals surface area contributed by atoms with Gasteiger partial charge in [0.1, 0.15) is 0 Å². The Morgan fingerprint density at radius 1 is 1.04 bits per heavy atom. The van der Waals surface area contributed by atoms with Crippen LogP contribution in [0, 0.1) is 5.92 Å². The van der Waals surface area contributed by atoms with Crippen LogP contribution in [0.5, 0.6) is 0 Å². The molecule has 2 atom stereocenters. The molecule has 28 heavy (non-hydrogen) atoms. The van der Waals surface area contributed by atoms with Crippen molar-refractivity contribution in [3.63, 3.8) is 0 Å². The normalized spacial score (nSPS) is 27.2. The monoisotopic (exact) mass is 384 g/mol. The molecule has 4 rings (SSSR count). The zero-order chi connectivity index (χ0) is 19.2. The van der Waals surface area contributed by atoms with E-state index in [4.69, 9.17) is 0 Å². The predicted molar refractivity (Wildman–Crippen MR) is 112 cm³/mol. The third-order valence-electron chi connectivity index (χ3n) is 6.95. The summed E-state index contributed by atoms with van der Waals surface area (Å²) >= 11 is 0. The molecule has 3 aliphatic rings. The third-order valence-corrected chi connectivity index (χ3v) is 6.95. The van der Waals surface area contributed by atoms with Crippen LogP contribution in [-0.4, -0.2) is 70.9 Å². The van der Waals surface area contributed by atoms with Crippen molar-refractivity contribution in [3.8, 4) is 0 Å². The number of nitrogens with zero attached hydrogens (tertiary/aromatic N) is 4. The van der Waals surface area contributed by atoms with Crippen molar-refractivity contribution in [1.82, 2.24) is 19.7 Å². The number of likely N-dealkylation sites (tertiary alicyclic amines) is 3. The maximum Gasteiger partial charge on any atom is 0.222 e. The molecule has 3 saturated heterocycles. The molecular formula is C23H36N4O. The first-order valence-electron chi connectivity index (χ1n) is 11.4. The van der Waals surface area contributed by atoms with Crippen molar-refractivity contribution < 1.29 is 4.79 Å². The van der Waals surface area contributed by atoms with Crippen LogP contribution in [0.2, 0.25) is 0 Å². The van der Waals surface area contributed by atoms with E-state index >= 15 is 0 Å². The van der Waals surface area contributed by atoms with Gasteiger partial charge < -0.3 is 9.80 Å². The van der Waals surface area contributed by atoms with Crippen LogP contribution in [0.4, 0.5) is 0 Å². The average molecular weight is 385 g/mol. The van der Waals surface area contributed by atoms with Crippen LogP contribution < -0.4 is 0 Å². The molecule has 5 nitrogen and oxygen atoms in total. The van der Waals surface area contributed by atoms with Gasteiger partial charge in [-0.2, -0.15) is 0 Å². The van der Waals surface area contributed by atoms with Crippen molar-refractivity contribution >= 4 is 5.91 Å². The molecule has 1 amide bonds. The van der Waals surface area contributed by atoms with Gasteiger partial charge in [-0.15, -0.1) is 0 Å². The van der Waals surface area contributed by atoms with E-state index in [0.717, 1.165) is 45.6 Å². The number of hydrogen-bond donors (Lipinski definition) is 0. The molecule has 0 aliphatic carbocycles. The Labute approximate surface area is 170 Å². The second-order valence-corrected chi connectivity index (χ2v) is 8.94. The van der Waals surface area contributed by atoms with Gasteiger partial charge in [-0.05, 0) is 82.1 Å². The number of aromatic nitrogens is 1. The lowest BCUT2D eigenvalue weighted by atomic mass is 9.86. The minimum absolute atomic E-state index is 0.393. The van der Waals surface area contributed by atoms with E-state index < -0.39 is 0 Å². The molecule has 3 fully saturated rings. The fraction of sp³-hybridized carbons (Fsp3) is 0.739. The maximum atomic E-state index is 12.7. The highest BCUT2D eigenvalue weighted by Gasteiger charge is 2.34. The lowest BCUT2D eigenvalue weighted by Gasteiger charge is -2.43. The second-order valence-electron chi connectivity index (χ2n) is 8.94. The van der Waals surface area contributed by atoms with Gasteiger partial charge in [-0.1, -0.05) is 6.07 Å². The van der Waals surface area contributed by atoms with E-state index in [0.29, 0.717) is 17.9 Å². The Morgan fingerprint density at radius 2 is 1.82 bits per heavy atom. The van der Waals surface area contributed by atoms with E-state index in [2.05, 4.69) is 25.8 Å². The minimum Gasteiger partial charge on any atom is -0.343 e.